The quantitative estimate of drug-likeness (QED) is 0.668. The monoisotopic (exact) mass is 361 g/mol. The maximum absolute atomic E-state index is 5.90. The van der Waals surface area contributed by atoms with Gasteiger partial charge in [-0.15, -0.1) is 0 Å². The maximum atomic E-state index is 5.90. The molecule has 1 heterocycles. The first-order chi connectivity index (χ1) is 13.3. The van der Waals surface area contributed by atoms with Crippen molar-refractivity contribution in [2.75, 3.05) is 6.79 Å². The van der Waals surface area contributed by atoms with E-state index in [0.717, 1.165) is 30.3 Å². The van der Waals surface area contributed by atoms with Crippen LogP contribution in [0.4, 0.5) is 0 Å². The summed E-state index contributed by atoms with van der Waals surface area (Å²) in [6.45, 7) is 4.58. The highest BCUT2D eigenvalue weighted by Crippen LogP contribution is 2.32. The third kappa shape index (κ3) is 4.41. The van der Waals surface area contributed by atoms with Crippen LogP contribution in [0.1, 0.15) is 22.3 Å². The molecule has 0 aliphatic carbocycles. The van der Waals surface area contributed by atoms with Crippen LogP contribution < -0.4 is 19.5 Å². The largest absolute Gasteiger partial charge is 0.489 e. The van der Waals surface area contributed by atoms with Gasteiger partial charge in [0, 0.05) is 13.1 Å². The Morgan fingerprint density at radius 1 is 0.852 bits per heavy atom. The summed E-state index contributed by atoms with van der Waals surface area (Å²) in [4.78, 5) is 0. The van der Waals surface area contributed by atoms with Crippen molar-refractivity contribution < 1.29 is 14.2 Å². The zero-order valence-electron chi connectivity index (χ0n) is 15.4. The minimum absolute atomic E-state index is 0.310. The van der Waals surface area contributed by atoms with Crippen LogP contribution in [0.25, 0.3) is 0 Å². The molecule has 1 aliphatic heterocycles. The van der Waals surface area contributed by atoms with Crippen LogP contribution in [0, 0.1) is 6.92 Å². The molecule has 0 atom stereocenters. The summed E-state index contributed by atoms with van der Waals surface area (Å²) in [5, 5.41) is 3.46. The molecule has 4 rings (SSSR count). The van der Waals surface area contributed by atoms with Gasteiger partial charge in [-0.25, -0.2) is 0 Å². The summed E-state index contributed by atoms with van der Waals surface area (Å²) < 4.78 is 16.7. The number of ether oxygens (including phenoxy) is 3. The van der Waals surface area contributed by atoms with Gasteiger partial charge in [-0.1, -0.05) is 42.5 Å². The van der Waals surface area contributed by atoms with E-state index in [1.54, 1.807) is 0 Å². The van der Waals surface area contributed by atoms with E-state index in [1.165, 1.54) is 22.3 Å². The third-order valence-corrected chi connectivity index (χ3v) is 4.67. The molecule has 0 amide bonds. The van der Waals surface area contributed by atoms with Crippen molar-refractivity contribution in [2.24, 2.45) is 0 Å². The van der Waals surface area contributed by atoms with Crippen molar-refractivity contribution in [3.05, 3.63) is 89.0 Å². The van der Waals surface area contributed by atoms with E-state index in [9.17, 15) is 0 Å². The van der Waals surface area contributed by atoms with E-state index in [0.29, 0.717) is 13.4 Å². The summed E-state index contributed by atoms with van der Waals surface area (Å²) in [5.74, 6) is 2.53. The van der Waals surface area contributed by atoms with Gasteiger partial charge < -0.3 is 19.5 Å². The van der Waals surface area contributed by atoms with E-state index in [1.807, 2.05) is 36.4 Å². The Labute approximate surface area is 159 Å². The van der Waals surface area contributed by atoms with Gasteiger partial charge in [0.1, 0.15) is 12.4 Å². The molecular weight excluding hydrogens is 338 g/mol. The fraction of sp³-hybridized carbons (Fsp3) is 0.217. The lowest BCUT2D eigenvalue weighted by molar-refractivity contribution is 0.174. The Morgan fingerprint density at radius 3 is 2.44 bits per heavy atom. The molecule has 0 saturated heterocycles. The van der Waals surface area contributed by atoms with E-state index in [2.05, 4.69) is 42.6 Å². The number of rotatable bonds is 7. The molecule has 0 fully saturated rings. The Balaban J connectivity index is 1.26. The van der Waals surface area contributed by atoms with E-state index < -0.39 is 0 Å². The van der Waals surface area contributed by atoms with Gasteiger partial charge in [0.05, 0.1) is 0 Å². The fourth-order valence-corrected chi connectivity index (χ4v) is 3.04. The van der Waals surface area contributed by atoms with Crippen LogP contribution >= 0.6 is 0 Å². The molecule has 1 aliphatic rings. The number of hydrogen-bond donors (Lipinski definition) is 1. The highest BCUT2D eigenvalue weighted by atomic mass is 16.7. The van der Waals surface area contributed by atoms with Gasteiger partial charge in [0.15, 0.2) is 11.5 Å². The first-order valence-corrected chi connectivity index (χ1v) is 9.13. The van der Waals surface area contributed by atoms with Crippen molar-refractivity contribution >= 4 is 0 Å². The average molecular weight is 361 g/mol. The van der Waals surface area contributed by atoms with Crippen LogP contribution in [0.3, 0.4) is 0 Å². The molecule has 3 aromatic carbocycles. The predicted octanol–water partition coefficient (Wildman–Crippen LogP) is 4.59. The van der Waals surface area contributed by atoms with Gasteiger partial charge in [-0.2, -0.15) is 0 Å². The standard InChI is InChI=1S/C23H23NO3/c1-17-4-2-3-5-20(17)15-25-21-9-6-18(7-10-21)13-24-14-19-8-11-22-23(12-19)27-16-26-22/h2-12,24H,13-16H2,1H3. The second-order valence-corrected chi connectivity index (χ2v) is 6.65. The number of hydrogen-bond acceptors (Lipinski definition) is 4. The lowest BCUT2D eigenvalue weighted by Crippen LogP contribution is -2.12. The molecule has 138 valence electrons. The Kier molecular flexibility index (Phi) is 5.26. The zero-order chi connectivity index (χ0) is 18.5. The molecular formula is C23H23NO3. The summed E-state index contributed by atoms with van der Waals surface area (Å²) in [5.41, 5.74) is 4.87. The van der Waals surface area contributed by atoms with Crippen molar-refractivity contribution in [3.63, 3.8) is 0 Å². The molecule has 1 N–H and O–H groups in total. The molecule has 3 aromatic rings. The Hall–Kier alpha value is -2.98. The van der Waals surface area contributed by atoms with Crippen LogP contribution in [-0.2, 0) is 19.7 Å². The molecule has 0 aromatic heterocycles. The maximum Gasteiger partial charge on any atom is 0.231 e. The fourth-order valence-electron chi connectivity index (χ4n) is 3.04. The topological polar surface area (TPSA) is 39.7 Å². The zero-order valence-corrected chi connectivity index (χ0v) is 15.4. The molecule has 4 heteroatoms. The van der Waals surface area contributed by atoms with Crippen molar-refractivity contribution in [2.45, 2.75) is 26.6 Å². The van der Waals surface area contributed by atoms with Crippen LogP contribution in [0.5, 0.6) is 17.2 Å². The lowest BCUT2D eigenvalue weighted by Gasteiger charge is -2.10. The van der Waals surface area contributed by atoms with E-state index in [4.69, 9.17) is 14.2 Å². The summed E-state index contributed by atoms with van der Waals surface area (Å²) in [7, 11) is 0. The number of benzene rings is 3. The van der Waals surface area contributed by atoms with Gasteiger partial charge in [-0.3, -0.25) is 0 Å². The molecule has 0 unspecified atom stereocenters. The van der Waals surface area contributed by atoms with Crippen LogP contribution in [0.2, 0.25) is 0 Å². The number of nitrogens with one attached hydrogen (secondary N) is 1. The number of fused-ring (bicyclic) bond motifs is 1. The Morgan fingerprint density at radius 2 is 1.59 bits per heavy atom. The van der Waals surface area contributed by atoms with Crippen LogP contribution in [-0.4, -0.2) is 6.79 Å². The molecule has 0 spiro atoms. The summed E-state index contributed by atoms with van der Waals surface area (Å²) in [6.07, 6.45) is 0. The normalized spacial score (nSPS) is 12.2. The second-order valence-electron chi connectivity index (χ2n) is 6.65. The first kappa shape index (κ1) is 17.4. The molecule has 0 bridgehead atoms. The lowest BCUT2D eigenvalue weighted by atomic mass is 10.1. The van der Waals surface area contributed by atoms with Crippen molar-refractivity contribution in [1.82, 2.24) is 5.32 Å². The minimum atomic E-state index is 0.310. The highest BCUT2D eigenvalue weighted by molar-refractivity contribution is 5.44. The highest BCUT2D eigenvalue weighted by Gasteiger charge is 2.12. The van der Waals surface area contributed by atoms with Crippen molar-refractivity contribution in [3.8, 4) is 17.2 Å². The SMILES string of the molecule is Cc1ccccc1COc1ccc(CNCc2ccc3c(c2)OCO3)cc1. The summed E-state index contributed by atoms with van der Waals surface area (Å²) >= 11 is 0. The minimum Gasteiger partial charge on any atom is -0.489 e. The van der Waals surface area contributed by atoms with E-state index in [-0.39, 0.29) is 0 Å². The van der Waals surface area contributed by atoms with Gasteiger partial charge in [-0.05, 0) is 53.4 Å². The Bertz CT molecular complexity index is 906. The van der Waals surface area contributed by atoms with E-state index >= 15 is 0 Å². The molecule has 0 radical (unpaired) electrons. The third-order valence-electron chi connectivity index (χ3n) is 4.67. The molecule has 0 saturated carbocycles. The summed E-state index contributed by atoms with van der Waals surface area (Å²) in [6, 6.07) is 22.6. The van der Waals surface area contributed by atoms with Gasteiger partial charge >= 0.3 is 0 Å². The van der Waals surface area contributed by atoms with Gasteiger partial charge in [0.25, 0.3) is 0 Å². The van der Waals surface area contributed by atoms with Gasteiger partial charge in [0.2, 0.25) is 6.79 Å². The van der Waals surface area contributed by atoms with Crippen molar-refractivity contribution in [1.29, 1.82) is 0 Å². The predicted molar refractivity (Wildman–Crippen MR) is 105 cm³/mol. The second kappa shape index (κ2) is 8.14. The molecule has 27 heavy (non-hydrogen) atoms. The number of aryl methyl sites for hydroxylation is 1. The average Bonchev–Trinajstić information content (AvgIpc) is 3.16. The van der Waals surface area contributed by atoms with Crippen LogP contribution in [0.15, 0.2) is 66.7 Å². The molecule has 4 nitrogen and oxygen atoms in total. The first-order valence-electron chi connectivity index (χ1n) is 9.13. The smallest absolute Gasteiger partial charge is 0.231 e.